The maximum atomic E-state index is 6.20. The van der Waals surface area contributed by atoms with Gasteiger partial charge in [0.15, 0.2) is 5.84 Å². The molecule has 0 saturated carbocycles. The molecule has 0 heterocycles. The maximum Gasteiger partial charge on any atom is 0.160 e. The van der Waals surface area contributed by atoms with Crippen LogP contribution >= 0.6 is 11.6 Å². The van der Waals surface area contributed by atoms with Gasteiger partial charge in [-0.2, -0.15) is 0 Å². The van der Waals surface area contributed by atoms with Crippen molar-refractivity contribution in [2.75, 3.05) is 0 Å². The lowest BCUT2D eigenvalue weighted by molar-refractivity contribution is 0.768. The smallest absolute Gasteiger partial charge is 0.160 e. The van der Waals surface area contributed by atoms with Gasteiger partial charge in [-0.1, -0.05) is 164 Å². The zero-order valence-corrected chi connectivity index (χ0v) is 27.0. The number of hydrogen-bond acceptors (Lipinski definition) is 1. The number of allylic oxidation sites excluding steroid dienone is 1. The van der Waals surface area contributed by atoms with E-state index < -0.39 is 5.41 Å². The molecular formula is C44H33ClN2. The molecule has 6 aromatic rings. The summed E-state index contributed by atoms with van der Waals surface area (Å²) < 4.78 is 0. The highest BCUT2D eigenvalue weighted by Crippen LogP contribution is 2.56. The van der Waals surface area contributed by atoms with Crippen LogP contribution in [0.4, 0.5) is 0 Å². The third kappa shape index (κ3) is 5.48. The predicted molar refractivity (Wildman–Crippen MR) is 199 cm³/mol. The van der Waals surface area contributed by atoms with E-state index in [9.17, 15) is 0 Å². The number of halogens is 1. The van der Waals surface area contributed by atoms with Crippen LogP contribution in [0.2, 0.25) is 5.02 Å². The lowest BCUT2D eigenvalue weighted by Gasteiger charge is -2.34. The van der Waals surface area contributed by atoms with Gasteiger partial charge in [-0.25, -0.2) is 9.98 Å². The van der Waals surface area contributed by atoms with Gasteiger partial charge < -0.3 is 0 Å². The number of benzene rings is 6. The van der Waals surface area contributed by atoms with Gasteiger partial charge in [0.05, 0.1) is 16.8 Å². The minimum Gasteiger partial charge on any atom is -0.229 e. The second kappa shape index (κ2) is 12.7. The van der Waals surface area contributed by atoms with Crippen molar-refractivity contribution in [1.29, 1.82) is 0 Å². The Morgan fingerprint density at radius 2 is 1.06 bits per heavy atom. The van der Waals surface area contributed by atoms with E-state index in [0.29, 0.717) is 16.6 Å². The van der Waals surface area contributed by atoms with Gasteiger partial charge in [0.2, 0.25) is 0 Å². The summed E-state index contributed by atoms with van der Waals surface area (Å²) in [5.41, 5.74) is 11.8. The fourth-order valence-corrected chi connectivity index (χ4v) is 6.82. The molecule has 6 aromatic carbocycles. The summed E-state index contributed by atoms with van der Waals surface area (Å²) in [6.07, 6.45) is 0. The SMILES string of the molecule is C=C(C)/C(=N\C(=N/C(=C)c1cccc(C2(c3ccccc3)c3ccccc3-c3ccccc32)c1)c1ccccc1)c1ccc(Cl)cc1. The van der Waals surface area contributed by atoms with E-state index >= 15 is 0 Å². The molecule has 226 valence electrons. The molecule has 0 unspecified atom stereocenters. The minimum absolute atomic E-state index is 0.503. The number of hydrogen-bond donors (Lipinski definition) is 0. The highest BCUT2D eigenvalue weighted by molar-refractivity contribution is 6.30. The topological polar surface area (TPSA) is 24.7 Å². The fraction of sp³-hybridized carbons (Fsp3) is 0.0455. The van der Waals surface area contributed by atoms with Crippen LogP contribution in [0.3, 0.4) is 0 Å². The average Bonchev–Trinajstić information content (AvgIpc) is 3.42. The fourth-order valence-electron chi connectivity index (χ4n) is 6.70. The number of amidine groups is 1. The van der Waals surface area contributed by atoms with Gasteiger partial charge in [0.1, 0.15) is 0 Å². The van der Waals surface area contributed by atoms with E-state index in [-0.39, 0.29) is 0 Å². The molecule has 1 aliphatic rings. The zero-order valence-electron chi connectivity index (χ0n) is 26.2. The van der Waals surface area contributed by atoms with Crippen molar-refractivity contribution in [3.05, 3.63) is 220 Å². The largest absolute Gasteiger partial charge is 0.229 e. The molecule has 0 aliphatic heterocycles. The molecule has 0 saturated heterocycles. The Morgan fingerprint density at radius 1 is 0.532 bits per heavy atom. The summed E-state index contributed by atoms with van der Waals surface area (Å²) in [4.78, 5) is 10.2. The van der Waals surface area contributed by atoms with Crippen LogP contribution in [0.15, 0.2) is 186 Å². The van der Waals surface area contributed by atoms with E-state index in [4.69, 9.17) is 21.6 Å². The van der Waals surface area contributed by atoms with Crippen LogP contribution in [0.5, 0.6) is 0 Å². The zero-order chi connectivity index (χ0) is 32.4. The minimum atomic E-state index is -0.503. The number of fused-ring (bicyclic) bond motifs is 3. The molecule has 0 N–H and O–H groups in total. The Bertz CT molecular complexity index is 2130. The summed E-state index contributed by atoms with van der Waals surface area (Å²) >= 11 is 6.20. The van der Waals surface area contributed by atoms with E-state index in [1.54, 1.807) is 0 Å². The molecule has 0 atom stereocenters. The normalized spacial score (nSPS) is 13.5. The quantitative estimate of drug-likeness (QED) is 0.124. The molecule has 0 bridgehead atoms. The summed E-state index contributed by atoms with van der Waals surface area (Å²) in [5, 5.41) is 0.667. The van der Waals surface area contributed by atoms with Crippen molar-refractivity contribution in [2.45, 2.75) is 12.3 Å². The molecule has 0 fully saturated rings. The Hall–Kier alpha value is -5.57. The molecule has 47 heavy (non-hydrogen) atoms. The number of aliphatic imine (C=N–C) groups is 2. The van der Waals surface area contributed by atoms with Gasteiger partial charge in [0.25, 0.3) is 0 Å². The van der Waals surface area contributed by atoms with Crippen molar-refractivity contribution in [3.8, 4) is 11.1 Å². The van der Waals surface area contributed by atoms with E-state index in [2.05, 4.69) is 116 Å². The number of rotatable bonds is 7. The van der Waals surface area contributed by atoms with Crippen LogP contribution in [-0.4, -0.2) is 11.5 Å². The van der Waals surface area contributed by atoms with Crippen molar-refractivity contribution < 1.29 is 0 Å². The highest BCUT2D eigenvalue weighted by Gasteiger charge is 2.45. The van der Waals surface area contributed by atoms with Crippen LogP contribution in [0.25, 0.3) is 16.8 Å². The standard InChI is InChI=1S/C44H33ClN2/c1-30(2)42(32-25-27-37(45)28-26-32)47-43(33-15-6-4-7-16-33)46-31(3)34-17-14-20-36(29-34)44(35-18-8-5-9-19-35)40-23-12-10-21-38(40)39-22-11-13-24-41(39)44/h4-29H,1,3H2,2H3/b46-43-,47-42+. The second-order valence-corrected chi connectivity index (χ2v) is 12.2. The average molecular weight is 625 g/mol. The Balaban J connectivity index is 1.40. The van der Waals surface area contributed by atoms with Crippen LogP contribution in [-0.2, 0) is 5.41 Å². The van der Waals surface area contributed by atoms with Crippen LogP contribution < -0.4 is 0 Å². The molecule has 0 spiro atoms. The molecule has 0 aromatic heterocycles. The summed E-state index contributed by atoms with van der Waals surface area (Å²) in [6, 6.07) is 54.6. The van der Waals surface area contributed by atoms with Gasteiger partial charge in [0, 0.05) is 16.1 Å². The van der Waals surface area contributed by atoms with Crippen molar-refractivity contribution >= 4 is 28.8 Å². The number of nitrogens with zero attached hydrogens (tertiary/aromatic N) is 2. The summed E-state index contributed by atoms with van der Waals surface area (Å²) in [6.45, 7) is 10.7. The maximum absolute atomic E-state index is 6.20. The molecule has 2 nitrogen and oxygen atoms in total. The van der Waals surface area contributed by atoms with Crippen molar-refractivity contribution in [2.24, 2.45) is 9.98 Å². The van der Waals surface area contributed by atoms with Gasteiger partial charge in [-0.15, -0.1) is 0 Å². The lowest BCUT2D eigenvalue weighted by atomic mass is 9.67. The first kappa shape index (κ1) is 30.1. The van der Waals surface area contributed by atoms with Crippen molar-refractivity contribution in [1.82, 2.24) is 0 Å². The Labute approximate surface area is 281 Å². The third-order valence-corrected chi connectivity index (χ3v) is 9.05. The van der Waals surface area contributed by atoms with Gasteiger partial charge >= 0.3 is 0 Å². The summed E-state index contributed by atoms with van der Waals surface area (Å²) in [7, 11) is 0. The van der Waals surface area contributed by atoms with Gasteiger partial charge in [-0.05, 0) is 69.6 Å². The first-order valence-electron chi connectivity index (χ1n) is 15.7. The van der Waals surface area contributed by atoms with Crippen molar-refractivity contribution in [3.63, 3.8) is 0 Å². The lowest BCUT2D eigenvalue weighted by Crippen LogP contribution is -2.28. The van der Waals surface area contributed by atoms with Crippen LogP contribution in [0.1, 0.15) is 45.9 Å². The predicted octanol–water partition coefficient (Wildman–Crippen LogP) is 11.2. The van der Waals surface area contributed by atoms with E-state index in [1.807, 2.05) is 61.5 Å². The highest BCUT2D eigenvalue weighted by atomic mass is 35.5. The molecule has 7 rings (SSSR count). The molecule has 3 heteroatoms. The van der Waals surface area contributed by atoms with Gasteiger partial charge in [-0.3, -0.25) is 0 Å². The first-order valence-corrected chi connectivity index (χ1v) is 16.0. The molecule has 1 aliphatic carbocycles. The van der Waals surface area contributed by atoms with E-state index in [0.717, 1.165) is 33.5 Å². The Kier molecular flexibility index (Phi) is 8.12. The Morgan fingerprint density at radius 3 is 1.68 bits per heavy atom. The molecule has 0 amide bonds. The van der Waals surface area contributed by atoms with E-state index in [1.165, 1.54) is 27.8 Å². The third-order valence-electron chi connectivity index (χ3n) is 8.80. The second-order valence-electron chi connectivity index (χ2n) is 11.8. The molecule has 0 radical (unpaired) electrons. The monoisotopic (exact) mass is 624 g/mol. The summed E-state index contributed by atoms with van der Waals surface area (Å²) in [5.74, 6) is 0.559. The van der Waals surface area contributed by atoms with Crippen LogP contribution in [0, 0.1) is 0 Å². The molecular weight excluding hydrogens is 592 g/mol. The first-order chi connectivity index (χ1) is 23.0.